The van der Waals surface area contributed by atoms with E-state index in [9.17, 15) is 9.59 Å². The molecule has 1 fully saturated rings. The average Bonchev–Trinajstić information content (AvgIpc) is 3.04. The third-order valence-electron chi connectivity index (χ3n) is 5.38. The lowest BCUT2D eigenvalue weighted by atomic mass is 9.98. The molecule has 2 aromatic rings. The van der Waals surface area contributed by atoms with Gasteiger partial charge in [-0.25, -0.2) is 4.79 Å². The minimum atomic E-state index is -0.605. The Morgan fingerprint density at radius 2 is 1.93 bits per heavy atom. The van der Waals surface area contributed by atoms with E-state index >= 15 is 0 Å². The number of urea groups is 1. The molecule has 6 nitrogen and oxygen atoms in total. The van der Waals surface area contributed by atoms with Gasteiger partial charge in [-0.2, -0.15) is 0 Å². The molecule has 7 heteroatoms. The van der Waals surface area contributed by atoms with Crippen molar-refractivity contribution in [3.8, 4) is 0 Å². The van der Waals surface area contributed by atoms with Crippen LogP contribution in [0, 0.1) is 6.92 Å². The molecule has 29 heavy (non-hydrogen) atoms. The first-order valence-corrected chi connectivity index (χ1v) is 10.9. The quantitative estimate of drug-likeness (QED) is 0.761. The number of piperidine rings is 1. The fourth-order valence-corrected chi connectivity index (χ4v) is 4.23. The Hall–Kier alpha value is -2.80. The Labute approximate surface area is 174 Å². The van der Waals surface area contributed by atoms with Gasteiger partial charge in [0.25, 0.3) is 5.91 Å². The van der Waals surface area contributed by atoms with Gasteiger partial charge in [-0.15, -0.1) is 11.8 Å². The second kappa shape index (κ2) is 7.91. The fraction of sp³-hybridized carbons (Fsp3) is 0.318. The van der Waals surface area contributed by atoms with Crippen LogP contribution in [0.3, 0.4) is 0 Å². The minimum absolute atomic E-state index is 0.120. The second-order valence-corrected chi connectivity index (χ2v) is 8.34. The maximum absolute atomic E-state index is 12.6. The van der Waals surface area contributed by atoms with E-state index < -0.39 is 5.66 Å². The monoisotopic (exact) mass is 408 g/mol. The van der Waals surface area contributed by atoms with Crippen LogP contribution in [0.2, 0.25) is 0 Å². The molecule has 150 valence electrons. The SMILES string of the molecule is CSc1cccc(NC(=O)N2CCC3(CC2)N=C(c2cccc(C)c2)C(=O)N3)c1. The number of amides is 3. The van der Waals surface area contributed by atoms with Gasteiger partial charge in [0.1, 0.15) is 11.4 Å². The van der Waals surface area contributed by atoms with Gasteiger partial charge in [0.15, 0.2) is 0 Å². The second-order valence-electron chi connectivity index (χ2n) is 7.46. The van der Waals surface area contributed by atoms with Gasteiger partial charge in [-0.1, -0.05) is 29.8 Å². The summed E-state index contributed by atoms with van der Waals surface area (Å²) >= 11 is 1.64. The van der Waals surface area contributed by atoms with Crippen molar-refractivity contribution in [2.75, 3.05) is 24.7 Å². The van der Waals surface area contributed by atoms with Crippen LogP contribution < -0.4 is 10.6 Å². The summed E-state index contributed by atoms with van der Waals surface area (Å²) in [6.07, 6.45) is 3.21. The zero-order valence-electron chi connectivity index (χ0n) is 16.6. The lowest BCUT2D eigenvalue weighted by Crippen LogP contribution is -2.53. The molecule has 2 heterocycles. The molecule has 2 aromatic carbocycles. The lowest BCUT2D eigenvalue weighted by Gasteiger charge is -2.37. The van der Waals surface area contributed by atoms with Crippen molar-refractivity contribution in [1.29, 1.82) is 0 Å². The van der Waals surface area contributed by atoms with Crippen LogP contribution >= 0.6 is 11.8 Å². The summed E-state index contributed by atoms with van der Waals surface area (Å²) in [6.45, 7) is 3.08. The molecule has 4 rings (SSSR count). The highest BCUT2D eigenvalue weighted by molar-refractivity contribution is 7.98. The largest absolute Gasteiger partial charge is 0.326 e. The smallest absolute Gasteiger partial charge is 0.321 e. The van der Waals surface area contributed by atoms with Crippen molar-refractivity contribution >= 4 is 35.1 Å². The summed E-state index contributed by atoms with van der Waals surface area (Å²) in [6, 6.07) is 15.5. The Morgan fingerprint density at radius 1 is 1.17 bits per heavy atom. The van der Waals surface area contributed by atoms with Crippen LogP contribution in [0.4, 0.5) is 10.5 Å². The molecule has 1 spiro atoms. The van der Waals surface area contributed by atoms with E-state index in [4.69, 9.17) is 4.99 Å². The van der Waals surface area contributed by atoms with Crippen molar-refractivity contribution in [2.45, 2.75) is 30.3 Å². The van der Waals surface area contributed by atoms with E-state index in [0.29, 0.717) is 31.6 Å². The summed E-state index contributed by atoms with van der Waals surface area (Å²) in [5.41, 5.74) is 2.60. The first kappa shape index (κ1) is 19.5. The number of benzene rings is 2. The number of rotatable bonds is 3. The number of aryl methyl sites for hydroxylation is 1. The standard InChI is InChI=1S/C22H24N4O2S/c1-15-5-3-6-16(13-15)19-20(27)25-22(24-19)9-11-26(12-10-22)21(28)23-17-7-4-8-18(14-17)29-2/h3-8,13-14H,9-12H2,1-2H3,(H,23,28)(H,25,27). The number of anilines is 1. The number of aliphatic imine (C=N–C) groups is 1. The van der Waals surface area contributed by atoms with Gasteiger partial charge in [-0.3, -0.25) is 9.79 Å². The van der Waals surface area contributed by atoms with Gasteiger partial charge >= 0.3 is 6.03 Å². The molecule has 0 radical (unpaired) electrons. The number of hydrogen-bond acceptors (Lipinski definition) is 4. The van der Waals surface area contributed by atoms with Crippen molar-refractivity contribution in [3.63, 3.8) is 0 Å². The van der Waals surface area contributed by atoms with E-state index in [-0.39, 0.29) is 11.9 Å². The Bertz CT molecular complexity index is 980. The normalized spacial score (nSPS) is 17.8. The first-order valence-electron chi connectivity index (χ1n) is 9.67. The van der Waals surface area contributed by atoms with Crippen LogP contribution in [0.1, 0.15) is 24.0 Å². The van der Waals surface area contributed by atoms with Crippen LogP contribution in [0.5, 0.6) is 0 Å². The Balaban J connectivity index is 1.42. The van der Waals surface area contributed by atoms with E-state index in [2.05, 4.69) is 10.6 Å². The Morgan fingerprint density at radius 3 is 2.66 bits per heavy atom. The number of nitrogens with one attached hydrogen (secondary N) is 2. The number of carbonyl (C=O) groups excluding carboxylic acids is 2. The van der Waals surface area contributed by atoms with Crippen LogP contribution in [-0.2, 0) is 4.79 Å². The molecule has 0 unspecified atom stereocenters. The maximum atomic E-state index is 12.6. The molecule has 0 aromatic heterocycles. The molecule has 2 aliphatic rings. The van der Waals surface area contributed by atoms with Gasteiger partial charge in [0.2, 0.25) is 0 Å². The minimum Gasteiger partial charge on any atom is -0.326 e. The summed E-state index contributed by atoms with van der Waals surface area (Å²) in [7, 11) is 0. The maximum Gasteiger partial charge on any atom is 0.321 e. The predicted molar refractivity (Wildman–Crippen MR) is 117 cm³/mol. The van der Waals surface area contributed by atoms with E-state index in [1.807, 2.05) is 61.7 Å². The molecule has 0 bridgehead atoms. The fourth-order valence-electron chi connectivity index (χ4n) is 3.77. The highest BCUT2D eigenvalue weighted by atomic mass is 32.2. The van der Waals surface area contributed by atoms with Crippen molar-refractivity contribution in [2.24, 2.45) is 4.99 Å². The molecular weight excluding hydrogens is 384 g/mol. The summed E-state index contributed by atoms with van der Waals surface area (Å²) in [5, 5.41) is 6.02. The average molecular weight is 409 g/mol. The van der Waals surface area contributed by atoms with Gasteiger partial charge in [0, 0.05) is 42.1 Å². The van der Waals surface area contributed by atoms with Crippen molar-refractivity contribution in [3.05, 3.63) is 59.7 Å². The first-order chi connectivity index (χ1) is 14.0. The number of hydrogen-bond donors (Lipinski definition) is 2. The summed E-state index contributed by atoms with van der Waals surface area (Å²) < 4.78 is 0. The molecule has 1 saturated heterocycles. The highest BCUT2D eigenvalue weighted by Gasteiger charge is 2.42. The van der Waals surface area contributed by atoms with Crippen molar-refractivity contribution < 1.29 is 9.59 Å². The third-order valence-corrected chi connectivity index (χ3v) is 6.10. The number of nitrogens with zero attached hydrogens (tertiary/aromatic N) is 2. The summed E-state index contributed by atoms with van der Waals surface area (Å²) in [4.78, 5) is 32.8. The molecule has 0 atom stereocenters. The zero-order chi connectivity index (χ0) is 20.4. The molecule has 0 aliphatic carbocycles. The molecule has 3 amide bonds. The molecule has 0 saturated carbocycles. The highest BCUT2D eigenvalue weighted by Crippen LogP contribution is 2.29. The zero-order valence-corrected chi connectivity index (χ0v) is 17.4. The lowest BCUT2D eigenvalue weighted by molar-refractivity contribution is -0.115. The van der Waals surface area contributed by atoms with Crippen LogP contribution in [0.25, 0.3) is 0 Å². The molecule has 2 N–H and O–H groups in total. The van der Waals surface area contributed by atoms with E-state index in [1.165, 1.54) is 0 Å². The van der Waals surface area contributed by atoms with Crippen molar-refractivity contribution in [1.82, 2.24) is 10.2 Å². The number of thioether (sulfide) groups is 1. The number of likely N-dealkylation sites (tertiary alicyclic amines) is 1. The predicted octanol–water partition coefficient (Wildman–Crippen LogP) is 3.66. The van der Waals surface area contributed by atoms with Crippen LogP contribution in [-0.4, -0.2) is 47.6 Å². The van der Waals surface area contributed by atoms with Gasteiger partial charge in [0.05, 0.1) is 0 Å². The van der Waals surface area contributed by atoms with E-state index in [0.717, 1.165) is 21.7 Å². The van der Waals surface area contributed by atoms with Gasteiger partial charge in [-0.05, 0) is 37.4 Å². The molecular formula is C22H24N4O2S. The van der Waals surface area contributed by atoms with E-state index in [1.54, 1.807) is 16.7 Å². The Kier molecular flexibility index (Phi) is 5.32. The number of carbonyl (C=O) groups is 2. The molecule has 2 aliphatic heterocycles. The summed E-state index contributed by atoms with van der Waals surface area (Å²) in [5.74, 6) is -0.137. The third kappa shape index (κ3) is 4.15. The van der Waals surface area contributed by atoms with Crippen LogP contribution in [0.15, 0.2) is 58.4 Å². The topological polar surface area (TPSA) is 73.8 Å². The van der Waals surface area contributed by atoms with Gasteiger partial charge < -0.3 is 15.5 Å².